The maximum atomic E-state index is 11.6. The molecule has 0 N–H and O–H groups in total. The average molecular weight is 214 g/mol. The predicted molar refractivity (Wildman–Crippen MR) is 63.8 cm³/mol. The smallest absolute Gasteiger partial charge is 0.143 e. The molecule has 1 saturated carbocycles. The Hall–Kier alpha value is 0.0200. The Morgan fingerprint density at radius 3 is 2.36 bits per heavy atom. The maximum Gasteiger partial charge on any atom is 0.143 e. The van der Waals surface area contributed by atoms with Crippen LogP contribution in [-0.4, -0.2) is 16.3 Å². The first-order valence-corrected chi connectivity index (χ1v) is 6.61. The lowest BCUT2D eigenvalue weighted by Gasteiger charge is -2.17. The second kappa shape index (κ2) is 5.20. The van der Waals surface area contributed by atoms with Crippen LogP contribution >= 0.6 is 11.8 Å². The van der Waals surface area contributed by atoms with Gasteiger partial charge < -0.3 is 0 Å². The van der Waals surface area contributed by atoms with Crippen molar-refractivity contribution in [1.82, 2.24) is 0 Å². The van der Waals surface area contributed by atoms with Gasteiger partial charge in [0.05, 0.1) is 5.75 Å². The van der Waals surface area contributed by atoms with E-state index in [1.807, 2.05) is 0 Å². The molecular formula is C12H22OS. The lowest BCUT2D eigenvalue weighted by Crippen LogP contribution is -2.14. The Kier molecular flexibility index (Phi) is 4.49. The molecule has 0 amide bonds. The van der Waals surface area contributed by atoms with Gasteiger partial charge in [0.1, 0.15) is 5.78 Å². The molecule has 0 bridgehead atoms. The SMILES string of the molecule is CC(C)(C)SCC(=O)CC1CCCC1. The number of carbonyl (C=O) groups excluding carboxylic acids is 1. The van der Waals surface area contributed by atoms with Crippen molar-refractivity contribution >= 4 is 17.5 Å². The van der Waals surface area contributed by atoms with Crippen LogP contribution in [0, 0.1) is 5.92 Å². The van der Waals surface area contributed by atoms with Crippen LogP contribution in [0.15, 0.2) is 0 Å². The van der Waals surface area contributed by atoms with Crippen LogP contribution in [0.1, 0.15) is 52.9 Å². The Bertz CT molecular complexity index is 187. The zero-order valence-electron chi connectivity index (χ0n) is 9.64. The molecule has 1 rings (SSSR count). The third-order valence-corrected chi connectivity index (χ3v) is 3.99. The van der Waals surface area contributed by atoms with Gasteiger partial charge in [-0.3, -0.25) is 4.79 Å². The number of carbonyl (C=O) groups is 1. The number of hydrogen-bond acceptors (Lipinski definition) is 2. The monoisotopic (exact) mass is 214 g/mol. The standard InChI is InChI=1S/C12H22OS/c1-12(2,3)14-9-11(13)8-10-6-4-5-7-10/h10H,4-9H2,1-3H3. The van der Waals surface area contributed by atoms with E-state index in [1.54, 1.807) is 11.8 Å². The molecule has 0 saturated heterocycles. The summed E-state index contributed by atoms with van der Waals surface area (Å²) in [7, 11) is 0. The molecule has 1 aliphatic rings. The molecule has 82 valence electrons. The summed E-state index contributed by atoms with van der Waals surface area (Å²) in [6.45, 7) is 6.50. The zero-order valence-corrected chi connectivity index (χ0v) is 10.5. The van der Waals surface area contributed by atoms with Crippen molar-refractivity contribution in [2.75, 3.05) is 5.75 Å². The largest absolute Gasteiger partial charge is 0.299 e. The van der Waals surface area contributed by atoms with Crippen LogP contribution in [-0.2, 0) is 4.79 Å². The number of ketones is 1. The van der Waals surface area contributed by atoms with Crippen LogP contribution in [0.2, 0.25) is 0 Å². The summed E-state index contributed by atoms with van der Waals surface area (Å²) in [5.74, 6) is 1.87. The van der Waals surface area contributed by atoms with Crippen molar-refractivity contribution in [3.05, 3.63) is 0 Å². The molecule has 0 atom stereocenters. The summed E-state index contributed by atoms with van der Waals surface area (Å²) in [6, 6.07) is 0. The van der Waals surface area contributed by atoms with E-state index in [0.29, 0.717) is 17.5 Å². The van der Waals surface area contributed by atoms with Crippen molar-refractivity contribution in [3.63, 3.8) is 0 Å². The second-order valence-electron chi connectivity index (χ2n) is 5.29. The Morgan fingerprint density at radius 1 is 1.29 bits per heavy atom. The highest BCUT2D eigenvalue weighted by Crippen LogP contribution is 2.29. The van der Waals surface area contributed by atoms with Gasteiger partial charge in [0.2, 0.25) is 0 Å². The zero-order chi connectivity index (χ0) is 10.6. The van der Waals surface area contributed by atoms with Gasteiger partial charge in [-0.05, 0) is 5.92 Å². The summed E-state index contributed by atoms with van der Waals surface area (Å²) >= 11 is 1.78. The minimum absolute atomic E-state index is 0.228. The minimum Gasteiger partial charge on any atom is -0.299 e. The molecule has 0 aromatic heterocycles. The van der Waals surface area contributed by atoms with Gasteiger partial charge in [0.15, 0.2) is 0 Å². The van der Waals surface area contributed by atoms with Crippen molar-refractivity contribution in [2.24, 2.45) is 5.92 Å². The van der Waals surface area contributed by atoms with Gasteiger partial charge in [0, 0.05) is 11.2 Å². The van der Waals surface area contributed by atoms with E-state index in [4.69, 9.17) is 0 Å². The second-order valence-corrected chi connectivity index (χ2v) is 7.10. The van der Waals surface area contributed by atoms with Crippen LogP contribution in [0.25, 0.3) is 0 Å². The fourth-order valence-electron chi connectivity index (χ4n) is 1.89. The third kappa shape index (κ3) is 5.04. The minimum atomic E-state index is 0.228. The number of thioether (sulfide) groups is 1. The Labute approximate surface area is 92.0 Å². The fourth-order valence-corrected chi connectivity index (χ4v) is 2.60. The van der Waals surface area contributed by atoms with E-state index >= 15 is 0 Å². The molecule has 0 heterocycles. The Morgan fingerprint density at radius 2 is 1.86 bits per heavy atom. The average Bonchev–Trinajstić information content (AvgIpc) is 2.52. The summed E-state index contributed by atoms with van der Waals surface area (Å²) in [6.07, 6.45) is 6.08. The number of rotatable bonds is 4. The van der Waals surface area contributed by atoms with E-state index in [0.717, 1.165) is 6.42 Å². The van der Waals surface area contributed by atoms with Gasteiger partial charge >= 0.3 is 0 Å². The fraction of sp³-hybridized carbons (Fsp3) is 0.917. The molecule has 0 unspecified atom stereocenters. The van der Waals surface area contributed by atoms with Crippen LogP contribution in [0.5, 0.6) is 0 Å². The summed E-state index contributed by atoms with van der Waals surface area (Å²) in [5, 5.41) is 0. The van der Waals surface area contributed by atoms with Gasteiger partial charge in [-0.25, -0.2) is 0 Å². The van der Waals surface area contributed by atoms with E-state index in [2.05, 4.69) is 20.8 Å². The van der Waals surface area contributed by atoms with Crippen molar-refractivity contribution in [2.45, 2.75) is 57.6 Å². The highest BCUT2D eigenvalue weighted by atomic mass is 32.2. The van der Waals surface area contributed by atoms with Gasteiger partial charge in [-0.2, -0.15) is 0 Å². The van der Waals surface area contributed by atoms with E-state index < -0.39 is 0 Å². The molecule has 0 radical (unpaired) electrons. The van der Waals surface area contributed by atoms with E-state index in [9.17, 15) is 4.79 Å². The highest BCUT2D eigenvalue weighted by Gasteiger charge is 2.19. The first-order valence-electron chi connectivity index (χ1n) is 5.63. The van der Waals surface area contributed by atoms with E-state index in [1.165, 1.54) is 25.7 Å². The summed E-state index contributed by atoms with van der Waals surface area (Å²) < 4.78 is 0.228. The molecule has 1 nitrogen and oxygen atoms in total. The molecule has 0 aliphatic heterocycles. The topological polar surface area (TPSA) is 17.1 Å². The molecule has 0 spiro atoms. The summed E-state index contributed by atoms with van der Waals surface area (Å²) in [4.78, 5) is 11.6. The molecular weight excluding hydrogens is 192 g/mol. The van der Waals surface area contributed by atoms with Crippen LogP contribution in [0.4, 0.5) is 0 Å². The molecule has 0 aromatic carbocycles. The molecule has 1 aliphatic carbocycles. The lowest BCUT2D eigenvalue weighted by atomic mass is 10.0. The normalized spacial score (nSPS) is 18.8. The third-order valence-electron chi connectivity index (χ3n) is 2.66. The van der Waals surface area contributed by atoms with Crippen LogP contribution in [0.3, 0.4) is 0 Å². The quantitative estimate of drug-likeness (QED) is 0.710. The first-order chi connectivity index (χ1) is 6.47. The highest BCUT2D eigenvalue weighted by molar-refractivity contribution is 8.01. The van der Waals surface area contributed by atoms with Crippen molar-refractivity contribution in [3.8, 4) is 0 Å². The number of hydrogen-bond donors (Lipinski definition) is 0. The van der Waals surface area contributed by atoms with Crippen molar-refractivity contribution in [1.29, 1.82) is 0 Å². The molecule has 2 heteroatoms. The van der Waals surface area contributed by atoms with Crippen LogP contribution < -0.4 is 0 Å². The van der Waals surface area contributed by atoms with Gasteiger partial charge in [-0.1, -0.05) is 46.5 Å². The predicted octanol–water partition coefficient (Wildman–Crippen LogP) is 3.67. The molecule has 1 fully saturated rings. The van der Waals surface area contributed by atoms with Crippen molar-refractivity contribution < 1.29 is 4.79 Å². The lowest BCUT2D eigenvalue weighted by molar-refractivity contribution is -0.117. The number of Topliss-reactive ketones (excluding diaryl/α,β-unsaturated/α-hetero) is 1. The van der Waals surface area contributed by atoms with Gasteiger partial charge in [0.25, 0.3) is 0 Å². The Balaban J connectivity index is 2.15. The summed E-state index contributed by atoms with van der Waals surface area (Å²) in [5.41, 5.74) is 0. The van der Waals surface area contributed by atoms with E-state index in [-0.39, 0.29) is 4.75 Å². The first kappa shape index (κ1) is 12.1. The molecule has 14 heavy (non-hydrogen) atoms. The molecule has 0 aromatic rings. The maximum absolute atomic E-state index is 11.6. The van der Waals surface area contributed by atoms with Gasteiger partial charge in [-0.15, -0.1) is 11.8 Å².